The van der Waals surface area contributed by atoms with Crippen LogP contribution in [0.2, 0.25) is 0 Å². The lowest BCUT2D eigenvalue weighted by molar-refractivity contribution is 0.0871. The molecule has 34 heavy (non-hydrogen) atoms. The van der Waals surface area contributed by atoms with E-state index in [-0.39, 0.29) is 33.9 Å². The van der Waals surface area contributed by atoms with Crippen molar-refractivity contribution in [1.82, 2.24) is 9.97 Å². The van der Waals surface area contributed by atoms with Crippen LogP contribution in [-0.2, 0) is 0 Å². The zero-order chi connectivity index (χ0) is 23.7. The number of aryl methyl sites for hydroxylation is 2. The minimum Gasteiger partial charge on any atom is -0.268 e. The summed E-state index contributed by atoms with van der Waals surface area (Å²) in [5, 5.41) is 0.623. The minimum absolute atomic E-state index is 0.212. The highest BCUT2D eigenvalue weighted by Gasteiger charge is 2.41. The van der Waals surface area contributed by atoms with Gasteiger partial charge in [-0.1, -0.05) is 12.1 Å². The molecule has 0 saturated heterocycles. The van der Waals surface area contributed by atoms with E-state index in [0.29, 0.717) is 10.8 Å². The maximum atomic E-state index is 13.4. The van der Waals surface area contributed by atoms with Crippen molar-refractivity contribution < 1.29 is 19.2 Å². The Morgan fingerprint density at radius 2 is 0.824 bits per heavy atom. The average Bonchev–Trinajstić information content (AvgIpc) is 2.83. The lowest BCUT2D eigenvalue weighted by Crippen LogP contribution is -2.44. The van der Waals surface area contributed by atoms with Crippen LogP contribution in [0.4, 0.5) is 11.6 Å². The minimum atomic E-state index is -0.555. The maximum absolute atomic E-state index is 13.4. The number of carbonyl (C=O) groups excluding carboxylic acids is 4. The third-order valence-corrected chi connectivity index (χ3v) is 6.14. The van der Waals surface area contributed by atoms with E-state index in [2.05, 4.69) is 9.97 Å². The van der Waals surface area contributed by atoms with Gasteiger partial charge in [0.1, 0.15) is 11.6 Å². The molecule has 164 valence electrons. The molecule has 2 aliphatic heterocycles. The lowest BCUT2D eigenvalue weighted by atomic mass is 9.86. The Bertz CT molecular complexity index is 1400. The van der Waals surface area contributed by atoms with Crippen molar-refractivity contribution >= 4 is 46.0 Å². The predicted octanol–water partition coefficient (Wildman–Crippen LogP) is 3.85. The SMILES string of the molecule is Cc1ccc(N2C(=O)c3ccc4c5c(ccc(c35)C2=O)C(=O)N(c2ccc(C)cn2)C4=O)nc1. The van der Waals surface area contributed by atoms with Gasteiger partial charge in [-0.2, -0.15) is 0 Å². The van der Waals surface area contributed by atoms with Crippen molar-refractivity contribution in [3.63, 3.8) is 0 Å². The molecular formula is C26H16N4O4. The summed E-state index contributed by atoms with van der Waals surface area (Å²) in [5.74, 6) is -1.80. The molecule has 8 heteroatoms. The molecule has 2 aliphatic rings. The number of imide groups is 2. The molecule has 6 rings (SSSR count). The van der Waals surface area contributed by atoms with Crippen LogP contribution >= 0.6 is 0 Å². The largest absolute Gasteiger partial charge is 0.268 e. The van der Waals surface area contributed by atoms with E-state index in [0.717, 1.165) is 20.9 Å². The molecule has 0 aliphatic carbocycles. The van der Waals surface area contributed by atoms with E-state index in [4.69, 9.17) is 0 Å². The van der Waals surface area contributed by atoms with Gasteiger partial charge < -0.3 is 0 Å². The van der Waals surface area contributed by atoms with Crippen LogP contribution < -0.4 is 9.80 Å². The summed E-state index contributed by atoms with van der Waals surface area (Å²) in [7, 11) is 0. The quantitative estimate of drug-likeness (QED) is 0.432. The molecule has 0 saturated carbocycles. The molecule has 0 unspecified atom stereocenters. The van der Waals surface area contributed by atoms with Gasteiger partial charge in [-0.15, -0.1) is 0 Å². The van der Waals surface area contributed by atoms with E-state index in [1.54, 1.807) is 36.7 Å². The van der Waals surface area contributed by atoms with Crippen LogP contribution in [0, 0.1) is 13.8 Å². The smallest absolute Gasteiger partial charge is 0.267 e. The topological polar surface area (TPSA) is 101 Å². The third-order valence-electron chi connectivity index (χ3n) is 6.14. The van der Waals surface area contributed by atoms with Gasteiger partial charge in [0.2, 0.25) is 0 Å². The van der Waals surface area contributed by atoms with E-state index in [9.17, 15) is 19.2 Å². The van der Waals surface area contributed by atoms with Crippen LogP contribution in [0.5, 0.6) is 0 Å². The third kappa shape index (κ3) is 2.59. The Morgan fingerprint density at radius 1 is 0.500 bits per heavy atom. The van der Waals surface area contributed by atoms with Crippen molar-refractivity contribution in [1.29, 1.82) is 0 Å². The van der Waals surface area contributed by atoms with Gasteiger partial charge in [-0.05, 0) is 61.4 Å². The number of hydrogen-bond donors (Lipinski definition) is 0. The number of aromatic nitrogens is 2. The molecule has 0 fully saturated rings. The second-order valence-electron chi connectivity index (χ2n) is 8.35. The number of rotatable bonds is 2. The summed E-state index contributed by atoms with van der Waals surface area (Å²) in [5.41, 5.74) is 2.73. The van der Waals surface area contributed by atoms with Gasteiger partial charge in [0.25, 0.3) is 23.6 Å². The molecule has 4 amide bonds. The van der Waals surface area contributed by atoms with Gasteiger partial charge in [-0.25, -0.2) is 19.8 Å². The maximum Gasteiger partial charge on any atom is 0.267 e. The zero-order valence-electron chi connectivity index (χ0n) is 18.2. The number of hydrogen-bond acceptors (Lipinski definition) is 6. The first-order valence-electron chi connectivity index (χ1n) is 10.6. The number of amides is 4. The van der Waals surface area contributed by atoms with E-state index in [1.807, 2.05) is 13.8 Å². The second kappa shape index (κ2) is 6.89. The first kappa shape index (κ1) is 19.9. The summed E-state index contributed by atoms with van der Waals surface area (Å²) in [6.07, 6.45) is 3.16. The average molecular weight is 448 g/mol. The van der Waals surface area contributed by atoms with Crippen LogP contribution in [0.25, 0.3) is 10.8 Å². The van der Waals surface area contributed by atoms with Gasteiger partial charge >= 0.3 is 0 Å². The highest BCUT2D eigenvalue weighted by atomic mass is 16.2. The molecule has 0 radical (unpaired) electrons. The number of carbonyl (C=O) groups is 4. The molecule has 0 spiro atoms. The highest BCUT2D eigenvalue weighted by molar-refractivity contribution is 6.41. The normalized spacial score (nSPS) is 14.9. The predicted molar refractivity (Wildman–Crippen MR) is 124 cm³/mol. The molecular weight excluding hydrogens is 432 g/mol. The van der Waals surface area contributed by atoms with E-state index < -0.39 is 23.6 Å². The number of anilines is 2. The number of nitrogens with zero attached hydrogens (tertiary/aromatic N) is 4. The lowest BCUT2D eigenvalue weighted by Gasteiger charge is -2.31. The molecule has 8 nitrogen and oxygen atoms in total. The van der Waals surface area contributed by atoms with E-state index in [1.165, 1.54) is 24.3 Å². The zero-order valence-corrected chi connectivity index (χ0v) is 18.2. The fourth-order valence-corrected chi connectivity index (χ4v) is 4.48. The molecule has 0 N–H and O–H groups in total. The van der Waals surface area contributed by atoms with Crippen molar-refractivity contribution in [3.05, 3.63) is 94.3 Å². The Kier molecular flexibility index (Phi) is 4.04. The Labute approximate surface area is 193 Å². The first-order valence-corrected chi connectivity index (χ1v) is 10.6. The van der Waals surface area contributed by atoms with E-state index >= 15 is 0 Å². The fraction of sp³-hybridized carbons (Fsp3) is 0.0769. The monoisotopic (exact) mass is 448 g/mol. The van der Waals surface area contributed by atoms with Crippen LogP contribution in [0.3, 0.4) is 0 Å². The van der Waals surface area contributed by atoms with Crippen molar-refractivity contribution in [2.75, 3.05) is 9.80 Å². The fourth-order valence-electron chi connectivity index (χ4n) is 4.48. The van der Waals surface area contributed by atoms with Gasteiger partial charge in [0.15, 0.2) is 0 Å². The molecule has 0 bridgehead atoms. The van der Waals surface area contributed by atoms with Crippen molar-refractivity contribution in [2.45, 2.75) is 13.8 Å². The summed E-state index contributed by atoms with van der Waals surface area (Å²) in [6.45, 7) is 3.72. The Morgan fingerprint density at radius 3 is 1.09 bits per heavy atom. The van der Waals surface area contributed by atoms with Crippen LogP contribution in [0.1, 0.15) is 52.6 Å². The van der Waals surface area contributed by atoms with Gasteiger partial charge in [0.05, 0.1) is 0 Å². The summed E-state index contributed by atoms with van der Waals surface area (Å²) in [6, 6.07) is 12.8. The molecule has 4 aromatic rings. The standard InChI is InChI=1S/C26H16N4O4/c1-13-3-9-19(27-11-13)29-23(31)15-5-7-17-22-18(8-6-16(21(15)22)24(29)32)26(34)30(25(17)33)20-10-4-14(2)12-28-20/h3-12H,1-2H3. The Hall–Kier alpha value is -4.72. The molecule has 4 heterocycles. The second-order valence-corrected chi connectivity index (χ2v) is 8.35. The van der Waals surface area contributed by atoms with Crippen molar-refractivity contribution in [2.24, 2.45) is 0 Å². The van der Waals surface area contributed by atoms with Crippen LogP contribution in [-0.4, -0.2) is 33.6 Å². The molecule has 0 atom stereocenters. The molecule has 2 aromatic heterocycles. The van der Waals surface area contributed by atoms with Gasteiger partial charge in [-0.3, -0.25) is 19.2 Å². The summed E-state index contributed by atoms with van der Waals surface area (Å²) < 4.78 is 0. The summed E-state index contributed by atoms with van der Waals surface area (Å²) >= 11 is 0. The van der Waals surface area contributed by atoms with Gasteiger partial charge in [0, 0.05) is 45.4 Å². The Balaban J connectivity index is 1.55. The highest BCUT2D eigenvalue weighted by Crippen LogP contribution is 2.39. The number of pyridine rings is 2. The molecule has 2 aromatic carbocycles. The number of benzene rings is 2. The van der Waals surface area contributed by atoms with Crippen LogP contribution in [0.15, 0.2) is 60.9 Å². The summed E-state index contributed by atoms with van der Waals surface area (Å²) in [4.78, 5) is 64.1. The van der Waals surface area contributed by atoms with Crippen molar-refractivity contribution in [3.8, 4) is 0 Å². The first-order chi connectivity index (χ1) is 16.4.